The van der Waals surface area contributed by atoms with Gasteiger partial charge in [-0.1, -0.05) is 6.07 Å². The van der Waals surface area contributed by atoms with Crippen LogP contribution in [0.3, 0.4) is 0 Å². The molecular weight excluding hydrogens is 436 g/mol. The van der Waals surface area contributed by atoms with Crippen LogP contribution < -0.4 is 4.90 Å². The summed E-state index contributed by atoms with van der Waals surface area (Å²) in [6.07, 6.45) is 5.83. The van der Waals surface area contributed by atoms with Gasteiger partial charge in [0.2, 0.25) is 11.6 Å². The molecule has 9 heteroatoms. The van der Waals surface area contributed by atoms with Crippen molar-refractivity contribution in [1.29, 1.82) is 5.26 Å². The van der Waals surface area contributed by atoms with Gasteiger partial charge < -0.3 is 23.4 Å². The van der Waals surface area contributed by atoms with E-state index in [0.29, 0.717) is 43.4 Å². The Balaban J connectivity index is 1.15. The van der Waals surface area contributed by atoms with Crippen LogP contribution in [-0.4, -0.2) is 54.5 Å². The van der Waals surface area contributed by atoms with E-state index in [0.717, 1.165) is 19.3 Å². The van der Waals surface area contributed by atoms with Crippen molar-refractivity contribution >= 4 is 17.8 Å². The zero-order valence-corrected chi connectivity index (χ0v) is 18.7. The fourth-order valence-electron chi connectivity index (χ4n) is 4.43. The molecule has 1 aliphatic heterocycles. The average molecular weight is 460 g/mol. The number of nitrogens with zero attached hydrogens (tertiary/aromatic N) is 4. The van der Waals surface area contributed by atoms with E-state index >= 15 is 0 Å². The van der Waals surface area contributed by atoms with Gasteiger partial charge in [0.1, 0.15) is 6.07 Å². The fraction of sp³-hybridized carbons (Fsp3) is 0.360. The number of fused-ring (bicyclic) bond motifs is 1. The molecular formula is C25H24N4O5. The number of carbonyl (C=O) groups is 2. The molecule has 1 amide bonds. The van der Waals surface area contributed by atoms with Gasteiger partial charge in [-0.2, -0.15) is 10.2 Å². The minimum atomic E-state index is -0.480. The molecule has 0 spiro atoms. The third kappa shape index (κ3) is 4.39. The van der Waals surface area contributed by atoms with E-state index < -0.39 is 5.97 Å². The lowest BCUT2D eigenvalue weighted by molar-refractivity contribution is -0.134. The lowest BCUT2D eigenvalue weighted by Gasteiger charge is -2.34. The van der Waals surface area contributed by atoms with Crippen LogP contribution in [0.25, 0.3) is 11.7 Å². The number of hydrogen-bond donors (Lipinski definition) is 0. The highest BCUT2D eigenvalue weighted by Crippen LogP contribution is 2.29. The van der Waals surface area contributed by atoms with E-state index in [4.69, 9.17) is 13.6 Å². The number of amides is 1. The number of aromatic nitrogens is 1. The standard InChI is InChI=1S/C25H24N4O5/c26-15-20-24(34-23(27-20)21-6-3-13-32-21)29-11-9-28(10-12-29)22(30)16-33-25(31)19-8-7-17-4-1-2-5-18(17)14-19/h3,6-8,13-14H,1-2,4-5,9-12,16H2. The second-order valence-electron chi connectivity index (χ2n) is 8.40. The van der Waals surface area contributed by atoms with Crippen molar-refractivity contribution in [3.05, 3.63) is 59.0 Å². The molecule has 0 bridgehead atoms. The van der Waals surface area contributed by atoms with E-state index in [-0.39, 0.29) is 24.1 Å². The van der Waals surface area contributed by atoms with Crippen molar-refractivity contribution < 1.29 is 23.2 Å². The molecule has 2 aliphatic rings. The van der Waals surface area contributed by atoms with Gasteiger partial charge in [0, 0.05) is 26.2 Å². The Bertz CT molecular complexity index is 1230. The Hall–Kier alpha value is -4.06. The molecule has 34 heavy (non-hydrogen) atoms. The Kier molecular flexibility index (Phi) is 6.04. The summed E-state index contributed by atoms with van der Waals surface area (Å²) >= 11 is 0. The van der Waals surface area contributed by atoms with E-state index in [1.165, 1.54) is 23.8 Å². The maximum Gasteiger partial charge on any atom is 0.338 e. The first-order valence-electron chi connectivity index (χ1n) is 11.4. The molecule has 0 saturated carbocycles. The number of ether oxygens (including phenoxy) is 1. The summed E-state index contributed by atoms with van der Waals surface area (Å²) in [4.78, 5) is 32.8. The summed E-state index contributed by atoms with van der Waals surface area (Å²) in [7, 11) is 0. The smallest absolute Gasteiger partial charge is 0.338 e. The largest absolute Gasteiger partial charge is 0.459 e. The molecule has 174 valence electrons. The van der Waals surface area contributed by atoms with Gasteiger partial charge >= 0.3 is 5.97 Å². The lowest BCUT2D eigenvalue weighted by atomic mass is 9.90. The number of piperazine rings is 1. The van der Waals surface area contributed by atoms with Gasteiger partial charge in [0.05, 0.1) is 11.8 Å². The highest BCUT2D eigenvalue weighted by molar-refractivity contribution is 5.91. The maximum absolute atomic E-state index is 12.6. The highest BCUT2D eigenvalue weighted by atomic mass is 16.5. The fourth-order valence-corrected chi connectivity index (χ4v) is 4.43. The normalized spacial score (nSPS) is 15.5. The summed E-state index contributed by atoms with van der Waals surface area (Å²) in [5, 5.41) is 9.44. The molecule has 1 saturated heterocycles. The number of furan rings is 1. The zero-order valence-electron chi connectivity index (χ0n) is 18.7. The summed E-state index contributed by atoms with van der Waals surface area (Å²) in [5.74, 6) is 0.313. The zero-order chi connectivity index (χ0) is 23.5. The van der Waals surface area contributed by atoms with Gasteiger partial charge in [0.25, 0.3) is 11.8 Å². The van der Waals surface area contributed by atoms with E-state index in [1.807, 2.05) is 17.0 Å². The number of oxazole rings is 1. The summed E-state index contributed by atoms with van der Waals surface area (Å²) < 4.78 is 16.4. The molecule has 9 nitrogen and oxygen atoms in total. The molecule has 0 atom stereocenters. The van der Waals surface area contributed by atoms with Crippen LogP contribution in [0.2, 0.25) is 0 Å². The van der Waals surface area contributed by atoms with Crippen LogP contribution in [0, 0.1) is 11.3 Å². The van der Waals surface area contributed by atoms with Gasteiger partial charge in [-0.15, -0.1) is 0 Å². The number of esters is 1. The minimum Gasteiger partial charge on any atom is -0.459 e. The monoisotopic (exact) mass is 460 g/mol. The van der Waals surface area contributed by atoms with Gasteiger partial charge in [-0.05, 0) is 61.1 Å². The second kappa shape index (κ2) is 9.43. The van der Waals surface area contributed by atoms with Gasteiger partial charge in [0.15, 0.2) is 12.4 Å². The summed E-state index contributed by atoms with van der Waals surface area (Å²) in [5.41, 5.74) is 3.15. The first-order chi connectivity index (χ1) is 16.6. The lowest BCUT2D eigenvalue weighted by Crippen LogP contribution is -2.50. The summed E-state index contributed by atoms with van der Waals surface area (Å²) in [6.45, 7) is 1.45. The number of hydrogen-bond acceptors (Lipinski definition) is 8. The van der Waals surface area contributed by atoms with Crippen molar-refractivity contribution in [2.24, 2.45) is 0 Å². The number of rotatable bonds is 5. The maximum atomic E-state index is 12.6. The predicted molar refractivity (Wildman–Crippen MR) is 121 cm³/mol. The Morgan fingerprint density at radius 3 is 2.62 bits per heavy atom. The molecule has 2 aromatic heterocycles. The second-order valence-corrected chi connectivity index (χ2v) is 8.40. The highest BCUT2D eigenvalue weighted by Gasteiger charge is 2.27. The van der Waals surface area contributed by atoms with E-state index in [2.05, 4.69) is 11.1 Å². The number of anilines is 1. The van der Waals surface area contributed by atoms with Crippen LogP contribution >= 0.6 is 0 Å². The molecule has 1 aliphatic carbocycles. The van der Waals surface area contributed by atoms with Crippen molar-refractivity contribution in [3.63, 3.8) is 0 Å². The van der Waals surface area contributed by atoms with Crippen LogP contribution in [0.4, 0.5) is 5.88 Å². The Labute approximate surface area is 196 Å². The molecule has 3 aromatic rings. The van der Waals surface area contributed by atoms with Gasteiger partial charge in [-0.3, -0.25) is 4.79 Å². The molecule has 0 unspecified atom stereocenters. The topological polar surface area (TPSA) is 113 Å². The molecule has 3 heterocycles. The minimum absolute atomic E-state index is 0.171. The average Bonchev–Trinajstić information content (AvgIpc) is 3.57. The number of carbonyl (C=O) groups excluding carboxylic acids is 2. The molecule has 1 fully saturated rings. The van der Waals surface area contributed by atoms with E-state index in [9.17, 15) is 14.9 Å². The van der Waals surface area contributed by atoms with Crippen LogP contribution in [0.5, 0.6) is 0 Å². The third-order valence-electron chi connectivity index (χ3n) is 6.28. The molecule has 0 radical (unpaired) electrons. The first kappa shape index (κ1) is 21.8. The van der Waals surface area contributed by atoms with Crippen molar-refractivity contribution in [3.8, 4) is 17.7 Å². The third-order valence-corrected chi connectivity index (χ3v) is 6.28. The Morgan fingerprint density at radius 1 is 1.09 bits per heavy atom. The van der Waals surface area contributed by atoms with Crippen LogP contribution in [0.1, 0.15) is 40.0 Å². The number of aryl methyl sites for hydroxylation is 2. The number of benzene rings is 1. The quantitative estimate of drug-likeness (QED) is 0.534. The van der Waals surface area contributed by atoms with E-state index in [1.54, 1.807) is 23.1 Å². The van der Waals surface area contributed by atoms with Crippen molar-refractivity contribution in [1.82, 2.24) is 9.88 Å². The van der Waals surface area contributed by atoms with Gasteiger partial charge in [-0.25, -0.2) is 4.79 Å². The SMILES string of the molecule is N#Cc1nc(-c2ccco2)oc1N1CCN(C(=O)COC(=O)c2ccc3c(c2)CCCC3)CC1. The van der Waals surface area contributed by atoms with Crippen LogP contribution in [0.15, 0.2) is 45.4 Å². The Morgan fingerprint density at radius 2 is 1.88 bits per heavy atom. The predicted octanol–water partition coefficient (Wildman–Crippen LogP) is 3.19. The number of nitriles is 1. The van der Waals surface area contributed by atoms with Crippen molar-refractivity contribution in [2.45, 2.75) is 25.7 Å². The molecule has 0 N–H and O–H groups in total. The van der Waals surface area contributed by atoms with Crippen LogP contribution in [-0.2, 0) is 22.4 Å². The molecule has 5 rings (SSSR count). The van der Waals surface area contributed by atoms with Crippen molar-refractivity contribution in [2.75, 3.05) is 37.7 Å². The molecule has 1 aromatic carbocycles. The summed E-state index contributed by atoms with van der Waals surface area (Å²) in [6, 6.07) is 11.1. The first-order valence-corrected chi connectivity index (χ1v) is 11.4.